The van der Waals surface area contributed by atoms with Crippen molar-refractivity contribution in [3.05, 3.63) is 29.8 Å². The van der Waals surface area contributed by atoms with Crippen LogP contribution in [-0.2, 0) is 6.42 Å². The van der Waals surface area contributed by atoms with Gasteiger partial charge in [0.25, 0.3) is 0 Å². The lowest BCUT2D eigenvalue weighted by Gasteiger charge is -2.20. The van der Waals surface area contributed by atoms with Crippen molar-refractivity contribution in [2.45, 2.75) is 13.3 Å². The second-order valence-electron chi connectivity index (χ2n) is 3.99. The first-order valence-electron chi connectivity index (χ1n) is 5.26. The van der Waals surface area contributed by atoms with Crippen LogP contribution in [0.1, 0.15) is 12.5 Å². The number of aliphatic hydroxyl groups is 1. The number of benzene rings is 1. The topological polar surface area (TPSA) is 66.5 Å². The number of hydrogen-bond acceptors (Lipinski definition) is 3. The maximum atomic E-state index is 9.59. The number of hydrogen-bond donors (Lipinski definition) is 3. The van der Waals surface area contributed by atoms with Crippen molar-refractivity contribution >= 4 is 0 Å². The Morgan fingerprint density at radius 3 is 2.53 bits per heavy atom. The maximum Gasteiger partial charge on any atom is 0.118 e. The van der Waals surface area contributed by atoms with E-state index in [0.717, 1.165) is 12.0 Å². The van der Waals surface area contributed by atoms with E-state index in [2.05, 4.69) is 0 Å². The van der Waals surface area contributed by atoms with E-state index in [4.69, 9.17) is 10.8 Å². The molecule has 0 aliphatic heterocycles. The van der Waals surface area contributed by atoms with Gasteiger partial charge in [0, 0.05) is 6.61 Å². The van der Waals surface area contributed by atoms with Crippen LogP contribution in [0.2, 0.25) is 0 Å². The highest BCUT2D eigenvalue weighted by atomic mass is 16.3. The van der Waals surface area contributed by atoms with Gasteiger partial charge in [-0.3, -0.25) is 0 Å². The van der Waals surface area contributed by atoms with Crippen LogP contribution in [0.3, 0.4) is 0 Å². The molecule has 0 radical (unpaired) electrons. The molecule has 0 spiro atoms. The maximum absolute atomic E-state index is 9.59. The molecular weight excluding hydrogens is 190 g/mol. The van der Waals surface area contributed by atoms with Crippen molar-refractivity contribution in [1.82, 2.24) is 0 Å². The van der Waals surface area contributed by atoms with Crippen molar-refractivity contribution < 1.29 is 10.2 Å². The molecule has 1 aromatic rings. The first kappa shape index (κ1) is 12.0. The van der Waals surface area contributed by atoms with Crippen LogP contribution in [0.4, 0.5) is 0 Å². The molecule has 3 nitrogen and oxygen atoms in total. The molecule has 0 aromatic heterocycles. The fourth-order valence-corrected chi connectivity index (χ4v) is 1.68. The van der Waals surface area contributed by atoms with Crippen LogP contribution >= 0.6 is 0 Å². The number of phenolic OH excluding ortho intramolecular Hbond substituents is 1. The van der Waals surface area contributed by atoms with Gasteiger partial charge in [-0.2, -0.15) is 0 Å². The third kappa shape index (κ3) is 3.22. The zero-order valence-corrected chi connectivity index (χ0v) is 9.06. The molecule has 0 saturated carbocycles. The van der Waals surface area contributed by atoms with Crippen LogP contribution in [-0.4, -0.2) is 23.4 Å². The smallest absolute Gasteiger partial charge is 0.118 e. The van der Waals surface area contributed by atoms with Gasteiger partial charge in [-0.05, 0) is 36.4 Å². The summed E-state index contributed by atoms with van der Waals surface area (Å²) in [5, 5.41) is 18.7. The van der Waals surface area contributed by atoms with E-state index in [1.807, 2.05) is 19.1 Å². The summed E-state index contributed by atoms with van der Waals surface area (Å²) >= 11 is 0. The van der Waals surface area contributed by atoms with E-state index in [1.54, 1.807) is 12.1 Å². The molecule has 0 aliphatic rings. The number of aromatic hydroxyl groups is 1. The van der Waals surface area contributed by atoms with E-state index in [1.165, 1.54) is 0 Å². The summed E-state index contributed by atoms with van der Waals surface area (Å²) in [6.45, 7) is 2.62. The summed E-state index contributed by atoms with van der Waals surface area (Å²) in [7, 11) is 0. The van der Waals surface area contributed by atoms with Crippen LogP contribution < -0.4 is 5.73 Å². The minimum atomic E-state index is 0.101. The number of nitrogens with two attached hydrogens (primary N) is 1. The fraction of sp³-hybridized carbons (Fsp3) is 0.500. The Labute approximate surface area is 90.5 Å². The molecule has 0 heterocycles. The van der Waals surface area contributed by atoms with E-state index < -0.39 is 0 Å². The number of aliphatic hydroxyl groups excluding tert-OH is 1. The van der Waals surface area contributed by atoms with E-state index in [0.29, 0.717) is 12.3 Å². The first-order chi connectivity index (χ1) is 7.19. The quantitative estimate of drug-likeness (QED) is 0.681. The Balaban J connectivity index is 2.65. The molecule has 0 fully saturated rings. The lowest BCUT2D eigenvalue weighted by molar-refractivity contribution is 0.186. The average Bonchev–Trinajstić information content (AvgIpc) is 2.23. The largest absolute Gasteiger partial charge is 0.508 e. The van der Waals surface area contributed by atoms with Gasteiger partial charge >= 0.3 is 0 Å². The van der Waals surface area contributed by atoms with Crippen LogP contribution in [0.5, 0.6) is 5.75 Å². The molecule has 2 unspecified atom stereocenters. The Morgan fingerprint density at radius 1 is 1.33 bits per heavy atom. The van der Waals surface area contributed by atoms with Crippen molar-refractivity contribution in [3.8, 4) is 5.75 Å². The normalized spacial score (nSPS) is 14.9. The number of para-hydroxylation sites is 1. The molecule has 0 amide bonds. The molecule has 84 valence electrons. The van der Waals surface area contributed by atoms with E-state index >= 15 is 0 Å². The van der Waals surface area contributed by atoms with Gasteiger partial charge in [-0.15, -0.1) is 0 Å². The van der Waals surface area contributed by atoms with Gasteiger partial charge in [0.05, 0.1) is 0 Å². The SMILES string of the molecule is CC(Cc1ccccc1O)C(CN)CO. The van der Waals surface area contributed by atoms with Crippen LogP contribution in [0, 0.1) is 11.8 Å². The van der Waals surface area contributed by atoms with Crippen molar-refractivity contribution in [2.75, 3.05) is 13.2 Å². The van der Waals surface area contributed by atoms with Crippen molar-refractivity contribution in [2.24, 2.45) is 17.6 Å². The Bertz CT molecular complexity index is 297. The van der Waals surface area contributed by atoms with Gasteiger partial charge < -0.3 is 15.9 Å². The average molecular weight is 209 g/mol. The minimum absolute atomic E-state index is 0.101. The fourth-order valence-electron chi connectivity index (χ4n) is 1.68. The predicted molar refractivity (Wildman–Crippen MR) is 60.6 cm³/mol. The van der Waals surface area contributed by atoms with E-state index in [9.17, 15) is 5.11 Å². The molecule has 1 aromatic carbocycles. The number of rotatable bonds is 5. The monoisotopic (exact) mass is 209 g/mol. The highest BCUT2D eigenvalue weighted by Crippen LogP contribution is 2.22. The summed E-state index contributed by atoms with van der Waals surface area (Å²) in [6.07, 6.45) is 0.745. The summed E-state index contributed by atoms with van der Waals surface area (Å²) in [5.74, 6) is 0.691. The highest BCUT2D eigenvalue weighted by molar-refractivity contribution is 5.32. The lowest BCUT2D eigenvalue weighted by Crippen LogP contribution is -2.26. The summed E-state index contributed by atoms with van der Waals surface area (Å²) in [5.41, 5.74) is 6.47. The Hall–Kier alpha value is -1.06. The second-order valence-corrected chi connectivity index (χ2v) is 3.99. The second kappa shape index (κ2) is 5.73. The summed E-state index contributed by atoms with van der Waals surface area (Å²) in [4.78, 5) is 0. The molecule has 1 rings (SSSR count). The van der Waals surface area contributed by atoms with Gasteiger partial charge in [0.1, 0.15) is 5.75 Å². The van der Waals surface area contributed by atoms with Gasteiger partial charge in [-0.1, -0.05) is 25.1 Å². The van der Waals surface area contributed by atoms with Gasteiger partial charge in [0.2, 0.25) is 0 Å². The zero-order chi connectivity index (χ0) is 11.3. The Morgan fingerprint density at radius 2 is 2.00 bits per heavy atom. The zero-order valence-electron chi connectivity index (χ0n) is 9.06. The van der Waals surface area contributed by atoms with Gasteiger partial charge in [-0.25, -0.2) is 0 Å². The lowest BCUT2D eigenvalue weighted by atomic mass is 9.88. The minimum Gasteiger partial charge on any atom is -0.508 e. The molecule has 3 heteroatoms. The molecule has 2 atom stereocenters. The van der Waals surface area contributed by atoms with Crippen molar-refractivity contribution in [3.63, 3.8) is 0 Å². The Kier molecular flexibility index (Phi) is 4.59. The van der Waals surface area contributed by atoms with Crippen LogP contribution in [0.25, 0.3) is 0 Å². The van der Waals surface area contributed by atoms with Crippen molar-refractivity contribution in [1.29, 1.82) is 0 Å². The summed E-state index contributed by atoms with van der Waals surface area (Å²) < 4.78 is 0. The highest BCUT2D eigenvalue weighted by Gasteiger charge is 2.16. The van der Waals surface area contributed by atoms with Gasteiger partial charge in [0.15, 0.2) is 0 Å². The predicted octanol–water partition coefficient (Wildman–Crippen LogP) is 1.14. The standard InChI is InChI=1S/C12H19NO2/c1-9(11(7-13)8-14)6-10-4-2-3-5-12(10)15/h2-5,9,11,14-15H,6-8,13H2,1H3. The molecule has 15 heavy (non-hydrogen) atoms. The van der Waals surface area contributed by atoms with Crippen LogP contribution in [0.15, 0.2) is 24.3 Å². The molecule has 4 N–H and O–H groups in total. The van der Waals surface area contributed by atoms with E-state index in [-0.39, 0.29) is 18.4 Å². The third-order valence-electron chi connectivity index (χ3n) is 2.88. The number of phenols is 1. The molecule has 0 saturated heterocycles. The molecule has 0 aliphatic carbocycles. The third-order valence-corrected chi connectivity index (χ3v) is 2.88. The molecule has 0 bridgehead atoms. The summed E-state index contributed by atoms with van der Waals surface area (Å²) in [6, 6.07) is 7.28. The molecular formula is C12H19NO2. The first-order valence-corrected chi connectivity index (χ1v) is 5.26.